The quantitative estimate of drug-likeness (QED) is 0.720. The second-order valence-corrected chi connectivity index (χ2v) is 7.41. The molecule has 0 unspecified atom stereocenters. The lowest BCUT2D eigenvalue weighted by molar-refractivity contribution is 0.0501. The van der Waals surface area contributed by atoms with E-state index in [4.69, 9.17) is 16.3 Å². The normalized spacial score (nSPS) is 12.4. The summed E-state index contributed by atoms with van der Waals surface area (Å²) < 4.78 is 20.4. The third kappa shape index (κ3) is 5.26. The molecule has 2 rings (SSSR count). The summed E-state index contributed by atoms with van der Waals surface area (Å²) in [5.41, 5.74) is -0.530. The zero-order chi connectivity index (χ0) is 20.2. The maximum atomic E-state index is 15.2. The van der Waals surface area contributed by atoms with Crippen LogP contribution < -0.4 is 5.32 Å². The number of ketones is 1. The average molecular weight is 393 g/mol. The van der Waals surface area contributed by atoms with Crippen molar-refractivity contribution in [3.05, 3.63) is 64.2 Å². The number of ether oxygens (including phenoxy) is 1. The van der Waals surface area contributed by atoms with Crippen LogP contribution in [-0.4, -0.2) is 22.5 Å². The molecule has 27 heavy (non-hydrogen) atoms. The van der Waals surface area contributed by atoms with Crippen molar-refractivity contribution in [2.45, 2.75) is 45.8 Å². The van der Waals surface area contributed by atoms with Crippen LogP contribution in [0.25, 0.3) is 0 Å². The standard InChI is InChI=1S/C20H22ClFN2O3/c1-5-15(24-19(26)27-20(2,3)4)13-8-9-14(21)16(17(13)22)18(25)12-7-6-10-23-11-12/h6-11,15H,5H2,1-4H3,(H,24,26)/t15-/m1/s1. The lowest BCUT2D eigenvalue weighted by Crippen LogP contribution is -2.35. The first-order chi connectivity index (χ1) is 12.6. The van der Waals surface area contributed by atoms with E-state index in [0.717, 1.165) is 0 Å². The SMILES string of the molecule is CC[C@@H](NC(=O)OC(C)(C)C)c1ccc(Cl)c(C(=O)c2cccnc2)c1F. The molecule has 0 saturated heterocycles. The number of amides is 1. The van der Waals surface area contributed by atoms with Gasteiger partial charge in [0.1, 0.15) is 11.4 Å². The van der Waals surface area contributed by atoms with E-state index < -0.39 is 29.3 Å². The fourth-order valence-corrected chi connectivity index (χ4v) is 2.77. The van der Waals surface area contributed by atoms with Crippen molar-refractivity contribution < 1.29 is 18.7 Å². The van der Waals surface area contributed by atoms with E-state index in [2.05, 4.69) is 10.3 Å². The van der Waals surface area contributed by atoms with Crippen molar-refractivity contribution in [2.24, 2.45) is 0 Å². The van der Waals surface area contributed by atoms with Gasteiger partial charge < -0.3 is 10.1 Å². The highest BCUT2D eigenvalue weighted by Gasteiger charge is 2.26. The van der Waals surface area contributed by atoms with E-state index in [9.17, 15) is 9.59 Å². The first kappa shape index (κ1) is 20.8. The number of nitrogens with one attached hydrogen (secondary N) is 1. The maximum absolute atomic E-state index is 15.2. The molecule has 0 radical (unpaired) electrons. The molecule has 0 spiro atoms. The molecule has 0 aliphatic heterocycles. The Kier molecular flexibility index (Phi) is 6.54. The van der Waals surface area contributed by atoms with Crippen LogP contribution in [0.3, 0.4) is 0 Å². The Bertz CT molecular complexity index is 835. The van der Waals surface area contributed by atoms with Gasteiger partial charge in [-0.3, -0.25) is 9.78 Å². The van der Waals surface area contributed by atoms with Crippen LogP contribution in [-0.2, 0) is 4.74 Å². The van der Waals surface area contributed by atoms with Gasteiger partial charge in [0.2, 0.25) is 0 Å². The van der Waals surface area contributed by atoms with Crippen LogP contribution in [0.5, 0.6) is 0 Å². The third-order valence-corrected chi connectivity index (χ3v) is 4.06. The number of aromatic nitrogens is 1. The summed E-state index contributed by atoms with van der Waals surface area (Å²) in [6.45, 7) is 7.00. The van der Waals surface area contributed by atoms with Crippen molar-refractivity contribution in [1.29, 1.82) is 0 Å². The smallest absolute Gasteiger partial charge is 0.408 e. The second kappa shape index (κ2) is 8.48. The van der Waals surface area contributed by atoms with Gasteiger partial charge in [-0.1, -0.05) is 24.6 Å². The molecule has 5 nitrogen and oxygen atoms in total. The molecule has 0 aliphatic rings. The zero-order valence-corrected chi connectivity index (χ0v) is 16.4. The highest BCUT2D eigenvalue weighted by molar-refractivity contribution is 6.35. The molecular formula is C20H22ClFN2O3. The predicted octanol–water partition coefficient (Wildman–Crippen LogP) is 5.08. The van der Waals surface area contributed by atoms with E-state index in [1.165, 1.54) is 30.6 Å². The van der Waals surface area contributed by atoms with Gasteiger partial charge in [-0.25, -0.2) is 9.18 Å². The van der Waals surface area contributed by atoms with Crippen LogP contribution in [0.15, 0.2) is 36.7 Å². The molecule has 0 saturated carbocycles. The molecule has 1 N–H and O–H groups in total. The number of halogens is 2. The third-order valence-electron chi connectivity index (χ3n) is 3.75. The minimum absolute atomic E-state index is 0.00257. The van der Waals surface area contributed by atoms with Crippen LogP contribution in [0.2, 0.25) is 5.02 Å². The average Bonchev–Trinajstić information content (AvgIpc) is 2.59. The summed E-state index contributed by atoms with van der Waals surface area (Å²) in [7, 11) is 0. The van der Waals surface area contributed by atoms with E-state index in [0.29, 0.717) is 6.42 Å². The van der Waals surface area contributed by atoms with Crippen molar-refractivity contribution in [2.75, 3.05) is 0 Å². The lowest BCUT2D eigenvalue weighted by atomic mass is 9.97. The van der Waals surface area contributed by atoms with Gasteiger partial charge in [-0.2, -0.15) is 0 Å². The van der Waals surface area contributed by atoms with Gasteiger partial charge in [0.15, 0.2) is 5.78 Å². The first-order valence-electron chi connectivity index (χ1n) is 8.56. The number of carbonyl (C=O) groups is 2. The number of benzene rings is 1. The van der Waals surface area contributed by atoms with E-state index in [1.54, 1.807) is 33.8 Å². The molecule has 2 aromatic rings. The van der Waals surface area contributed by atoms with Gasteiger partial charge in [0.25, 0.3) is 0 Å². The van der Waals surface area contributed by atoms with Crippen LogP contribution in [0.1, 0.15) is 61.6 Å². The maximum Gasteiger partial charge on any atom is 0.408 e. The Hall–Kier alpha value is -2.47. The number of hydrogen-bond acceptors (Lipinski definition) is 4. The first-order valence-corrected chi connectivity index (χ1v) is 8.94. The van der Waals surface area contributed by atoms with Gasteiger partial charge in [0, 0.05) is 23.5 Å². The second-order valence-electron chi connectivity index (χ2n) is 7.00. The van der Waals surface area contributed by atoms with E-state index in [1.807, 2.05) is 0 Å². The number of hydrogen-bond donors (Lipinski definition) is 1. The Morgan fingerprint density at radius 2 is 2.00 bits per heavy atom. The Labute approximate surface area is 162 Å². The molecule has 0 bridgehead atoms. The molecule has 144 valence electrons. The predicted molar refractivity (Wildman–Crippen MR) is 101 cm³/mol. The van der Waals surface area contributed by atoms with E-state index >= 15 is 4.39 Å². The lowest BCUT2D eigenvalue weighted by Gasteiger charge is -2.24. The Morgan fingerprint density at radius 1 is 1.30 bits per heavy atom. The molecule has 0 fully saturated rings. The summed E-state index contributed by atoms with van der Waals surface area (Å²) in [5.74, 6) is -1.33. The van der Waals surface area contributed by atoms with Crippen LogP contribution in [0, 0.1) is 5.82 Å². The van der Waals surface area contributed by atoms with Crippen molar-refractivity contribution in [3.8, 4) is 0 Å². The van der Waals surface area contributed by atoms with Gasteiger partial charge >= 0.3 is 6.09 Å². The molecule has 7 heteroatoms. The van der Waals surface area contributed by atoms with Gasteiger partial charge in [0.05, 0.1) is 16.6 Å². The molecular weight excluding hydrogens is 371 g/mol. The van der Waals surface area contributed by atoms with Crippen molar-refractivity contribution in [3.63, 3.8) is 0 Å². The summed E-state index contributed by atoms with van der Waals surface area (Å²) in [6.07, 6.45) is 2.60. The summed E-state index contributed by atoms with van der Waals surface area (Å²) in [4.78, 5) is 28.6. The Balaban J connectivity index is 2.37. The number of rotatable bonds is 5. The molecule has 1 heterocycles. The van der Waals surface area contributed by atoms with Crippen LogP contribution >= 0.6 is 11.6 Å². The summed E-state index contributed by atoms with van der Waals surface area (Å²) in [6, 6.07) is 5.36. The molecule has 1 atom stereocenters. The fourth-order valence-electron chi connectivity index (χ4n) is 2.54. The number of pyridine rings is 1. The van der Waals surface area contributed by atoms with Crippen LogP contribution in [0.4, 0.5) is 9.18 Å². The van der Waals surface area contributed by atoms with Crippen molar-refractivity contribution in [1.82, 2.24) is 10.3 Å². The van der Waals surface area contributed by atoms with Crippen molar-refractivity contribution >= 4 is 23.5 Å². The molecule has 1 aromatic heterocycles. The number of carbonyl (C=O) groups excluding carboxylic acids is 2. The highest BCUT2D eigenvalue weighted by Crippen LogP contribution is 2.29. The molecule has 1 aromatic carbocycles. The largest absolute Gasteiger partial charge is 0.444 e. The minimum atomic E-state index is -0.765. The van der Waals surface area contributed by atoms with Gasteiger partial charge in [-0.05, 0) is 45.4 Å². The molecule has 1 amide bonds. The zero-order valence-electron chi connectivity index (χ0n) is 15.7. The highest BCUT2D eigenvalue weighted by atomic mass is 35.5. The molecule has 0 aliphatic carbocycles. The topological polar surface area (TPSA) is 68.3 Å². The van der Waals surface area contributed by atoms with E-state index in [-0.39, 0.29) is 21.7 Å². The van der Waals surface area contributed by atoms with Gasteiger partial charge in [-0.15, -0.1) is 0 Å². The number of alkyl carbamates (subject to hydrolysis) is 1. The number of nitrogens with zero attached hydrogens (tertiary/aromatic N) is 1. The Morgan fingerprint density at radius 3 is 2.56 bits per heavy atom. The minimum Gasteiger partial charge on any atom is -0.444 e. The summed E-state index contributed by atoms with van der Waals surface area (Å²) >= 11 is 6.09. The fraction of sp³-hybridized carbons (Fsp3) is 0.350. The monoisotopic (exact) mass is 392 g/mol. The summed E-state index contributed by atoms with van der Waals surface area (Å²) in [5, 5.41) is 2.64.